The maximum Gasteiger partial charge on any atom is 0.254 e. The highest BCUT2D eigenvalue weighted by atomic mass is 16.2. The normalized spacial score (nSPS) is 17.5. The Morgan fingerprint density at radius 3 is 2.53 bits per heavy atom. The van der Waals surface area contributed by atoms with Crippen LogP contribution in [-0.2, 0) is 24.3 Å². The monoisotopic (exact) mass is 437 g/mol. The van der Waals surface area contributed by atoms with Gasteiger partial charge >= 0.3 is 0 Å². The average molecular weight is 438 g/mol. The summed E-state index contributed by atoms with van der Waals surface area (Å²) in [6, 6.07) is 10.4. The molecule has 1 fully saturated rings. The lowest BCUT2D eigenvalue weighted by atomic mass is 9.95. The van der Waals surface area contributed by atoms with Gasteiger partial charge in [0.2, 0.25) is 5.91 Å². The fraction of sp³-hybridized carbons (Fsp3) is 0.560. The molecule has 0 aliphatic carbocycles. The van der Waals surface area contributed by atoms with Gasteiger partial charge in [-0.05, 0) is 37.9 Å². The van der Waals surface area contributed by atoms with Crippen molar-refractivity contribution in [2.75, 3.05) is 39.3 Å². The molecule has 1 aromatic carbocycles. The Morgan fingerprint density at radius 2 is 1.84 bits per heavy atom. The highest BCUT2D eigenvalue weighted by Crippen LogP contribution is 2.26. The fourth-order valence-electron chi connectivity index (χ4n) is 4.82. The summed E-state index contributed by atoms with van der Waals surface area (Å²) in [6.07, 6.45) is 2.43. The van der Waals surface area contributed by atoms with Gasteiger partial charge in [0, 0.05) is 44.2 Å². The number of hydrogen-bond donors (Lipinski definition) is 1. The molecule has 1 saturated heterocycles. The lowest BCUT2D eigenvalue weighted by Crippen LogP contribution is -2.44. The van der Waals surface area contributed by atoms with Crippen LogP contribution in [0, 0.1) is 0 Å². The van der Waals surface area contributed by atoms with Crippen LogP contribution in [-0.4, -0.2) is 69.8 Å². The van der Waals surface area contributed by atoms with Crippen molar-refractivity contribution in [2.45, 2.75) is 52.1 Å². The molecular weight excluding hydrogens is 402 g/mol. The van der Waals surface area contributed by atoms with Crippen molar-refractivity contribution in [2.24, 2.45) is 0 Å². The molecule has 1 N–H and O–H groups in total. The predicted molar refractivity (Wildman–Crippen MR) is 125 cm³/mol. The van der Waals surface area contributed by atoms with Crippen molar-refractivity contribution in [3.63, 3.8) is 0 Å². The molecule has 2 aliphatic heterocycles. The number of benzene rings is 1. The summed E-state index contributed by atoms with van der Waals surface area (Å²) in [7, 11) is 0. The number of fused-ring (bicyclic) bond motifs is 1. The molecule has 0 spiro atoms. The van der Waals surface area contributed by atoms with Crippen LogP contribution < -0.4 is 5.56 Å². The summed E-state index contributed by atoms with van der Waals surface area (Å²) in [4.78, 5) is 39.8. The molecule has 3 heterocycles. The topological polar surface area (TPSA) is 72.5 Å². The lowest BCUT2D eigenvalue weighted by Gasteiger charge is -2.33. The van der Waals surface area contributed by atoms with E-state index in [1.54, 1.807) is 0 Å². The van der Waals surface area contributed by atoms with E-state index in [-0.39, 0.29) is 17.4 Å². The Balaban J connectivity index is 1.39. The number of nitrogens with one attached hydrogen (secondary N) is 1. The van der Waals surface area contributed by atoms with Gasteiger partial charge in [-0.2, -0.15) is 0 Å². The number of likely N-dealkylation sites (N-methyl/N-ethyl adjacent to an activating group) is 1. The molecule has 0 atom stereocenters. The summed E-state index contributed by atoms with van der Waals surface area (Å²) in [5, 5.41) is 0. The number of nitrogens with zero attached hydrogens (tertiary/aromatic N) is 4. The second-order valence-corrected chi connectivity index (χ2v) is 8.94. The van der Waals surface area contributed by atoms with Crippen molar-refractivity contribution in [3.8, 4) is 0 Å². The van der Waals surface area contributed by atoms with Gasteiger partial charge in [-0.25, -0.2) is 4.98 Å². The van der Waals surface area contributed by atoms with Gasteiger partial charge < -0.3 is 9.88 Å². The van der Waals surface area contributed by atoms with Gasteiger partial charge in [-0.3, -0.25) is 19.4 Å². The van der Waals surface area contributed by atoms with E-state index >= 15 is 0 Å². The Bertz CT molecular complexity index is 962. The van der Waals surface area contributed by atoms with Crippen LogP contribution in [0.5, 0.6) is 0 Å². The van der Waals surface area contributed by atoms with E-state index in [2.05, 4.69) is 52.9 Å². The van der Waals surface area contributed by atoms with E-state index in [1.807, 2.05) is 11.0 Å². The van der Waals surface area contributed by atoms with E-state index in [1.165, 1.54) is 5.56 Å². The highest BCUT2D eigenvalue weighted by Gasteiger charge is 2.28. The molecule has 4 rings (SSSR count). The second-order valence-electron chi connectivity index (χ2n) is 8.94. The fourth-order valence-corrected chi connectivity index (χ4v) is 4.82. The van der Waals surface area contributed by atoms with Gasteiger partial charge in [0.25, 0.3) is 5.56 Å². The third-order valence-corrected chi connectivity index (χ3v) is 6.91. The van der Waals surface area contributed by atoms with E-state index in [0.29, 0.717) is 13.1 Å². The zero-order valence-electron chi connectivity index (χ0n) is 19.3. The number of H-pyrrole nitrogens is 1. The minimum absolute atomic E-state index is 0.0180. The first-order valence-corrected chi connectivity index (χ1v) is 12.0. The number of amides is 1. The van der Waals surface area contributed by atoms with Gasteiger partial charge in [0.1, 0.15) is 5.82 Å². The quantitative estimate of drug-likeness (QED) is 0.720. The van der Waals surface area contributed by atoms with Crippen LogP contribution in [0.25, 0.3) is 0 Å². The molecule has 7 nitrogen and oxygen atoms in total. The predicted octanol–water partition coefficient (Wildman–Crippen LogP) is 2.38. The summed E-state index contributed by atoms with van der Waals surface area (Å²) in [5.41, 5.74) is 3.06. The molecular formula is C25H35N5O2. The van der Waals surface area contributed by atoms with Crippen LogP contribution in [0.1, 0.15) is 55.3 Å². The first-order valence-electron chi connectivity index (χ1n) is 12.0. The van der Waals surface area contributed by atoms with Crippen molar-refractivity contribution in [1.82, 2.24) is 24.7 Å². The van der Waals surface area contributed by atoms with Gasteiger partial charge in [0.15, 0.2) is 0 Å². The molecule has 0 saturated carbocycles. The maximum atomic E-state index is 12.8. The van der Waals surface area contributed by atoms with E-state index in [0.717, 1.165) is 75.6 Å². The Morgan fingerprint density at radius 1 is 1.12 bits per heavy atom. The molecule has 2 aromatic rings. The van der Waals surface area contributed by atoms with E-state index < -0.39 is 0 Å². The number of rotatable bonds is 7. The summed E-state index contributed by atoms with van der Waals surface area (Å²) in [6.45, 7) is 10.4. The third kappa shape index (κ3) is 5.27. The second kappa shape index (κ2) is 10.4. The molecule has 172 valence electrons. The average Bonchev–Trinajstić information content (AvgIpc) is 2.83. The highest BCUT2D eigenvalue weighted by molar-refractivity contribution is 5.78. The van der Waals surface area contributed by atoms with Crippen molar-refractivity contribution in [3.05, 3.63) is 63.3 Å². The molecule has 1 amide bonds. The van der Waals surface area contributed by atoms with Gasteiger partial charge in [0.05, 0.1) is 12.2 Å². The number of aromatic nitrogens is 2. The standard InChI is InChI=1S/C25H35N5O2/c1-3-28(4-2)18-23(31)30-14-10-20(11-15-30)24-26-22-17-29(13-12-21(22)25(32)27-24)16-19-8-6-5-7-9-19/h5-9,20H,3-4,10-18H2,1-2H3,(H,26,27,32). The van der Waals surface area contributed by atoms with Crippen LogP contribution in [0.2, 0.25) is 0 Å². The molecule has 32 heavy (non-hydrogen) atoms. The number of carbonyl (C=O) groups excluding carboxylic acids is 1. The van der Waals surface area contributed by atoms with E-state index in [4.69, 9.17) is 4.98 Å². The third-order valence-electron chi connectivity index (χ3n) is 6.91. The minimum Gasteiger partial charge on any atom is -0.342 e. The van der Waals surface area contributed by atoms with Crippen LogP contribution >= 0.6 is 0 Å². The van der Waals surface area contributed by atoms with Crippen molar-refractivity contribution >= 4 is 5.91 Å². The Labute approximate surface area is 190 Å². The van der Waals surface area contributed by atoms with Crippen LogP contribution in [0.4, 0.5) is 0 Å². The summed E-state index contributed by atoms with van der Waals surface area (Å²) < 4.78 is 0. The van der Waals surface area contributed by atoms with Crippen LogP contribution in [0.3, 0.4) is 0 Å². The largest absolute Gasteiger partial charge is 0.342 e. The van der Waals surface area contributed by atoms with Gasteiger partial charge in [-0.15, -0.1) is 0 Å². The number of piperidine rings is 1. The minimum atomic E-state index is 0.0180. The molecule has 2 aliphatic rings. The number of hydrogen-bond acceptors (Lipinski definition) is 5. The first kappa shape index (κ1) is 22.7. The zero-order valence-corrected chi connectivity index (χ0v) is 19.3. The SMILES string of the molecule is CCN(CC)CC(=O)N1CCC(c2nc3c(c(=O)[nH]2)CCN(Cc2ccccc2)C3)CC1. The van der Waals surface area contributed by atoms with Crippen LogP contribution in [0.15, 0.2) is 35.1 Å². The molecule has 1 aromatic heterocycles. The Hall–Kier alpha value is -2.51. The summed E-state index contributed by atoms with van der Waals surface area (Å²) in [5.74, 6) is 1.21. The summed E-state index contributed by atoms with van der Waals surface area (Å²) >= 11 is 0. The number of aromatic amines is 1. The van der Waals surface area contributed by atoms with Gasteiger partial charge in [-0.1, -0.05) is 44.2 Å². The van der Waals surface area contributed by atoms with Crippen molar-refractivity contribution < 1.29 is 4.79 Å². The molecule has 0 unspecified atom stereocenters. The van der Waals surface area contributed by atoms with Crippen molar-refractivity contribution in [1.29, 1.82) is 0 Å². The molecule has 7 heteroatoms. The number of likely N-dealkylation sites (tertiary alicyclic amines) is 1. The zero-order chi connectivity index (χ0) is 22.5. The number of carbonyl (C=O) groups is 1. The Kier molecular flexibility index (Phi) is 7.37. The first-order chi connectivity index (χ1) is 15.6. The lowest BCUT2D eigenvalue weighted by molar-refractivity contribution is -0.133. The molecule has 0 bridgehead atoms. The molecule has 0 radical (unpaired) electrons. The van der Waals surface area contributed by atoms with E-state index in [9.17, 15) is 9.59 Å². The smallest absolute Gasteiger partial charge is 0.254 e. The maximum absolute atomic E-state index is 12.8.